The van der Waals surface area contributed by atoms with E-state index in [0.29, 0.717) is 46.2 Å². The molecule has 0 aliphatic carbocycles. The number of pyridine rings is 4. The van der Waals surface area contributed by atoms with Crippen LogP contribution in [-0.4, -0.2) is 85.6 Å². The Balaban J connectivity index is 0.000000231. The zero-order chi connectivity index (χ0) is 58.4. The summed E-state index contributed by atoms with van der Waals surface area (Å²) in [7, 11) is 0. The highest BCUT2D eigenvalue weighted by atomic mass is 35.5. The van der Waals surface area contributed by atoms with Crippen LogP contribution in [0.25, 0.3) is 21.8 Å². The minimum Gasteiger partial charge on any atom is -0.444 e. The normalized spacial score (nSPS) is 11.8. The number of nitrogens with one attached hydrogen (secondary N) is 4. The Morgan fingerprint density at radius 2 is 1.05 bits per heavy atom. The third-order valence-electron chi connectivity index (χ3n) is 12.1. The first-order chi connectivity index (χ1) is 37.6. The number of aliphatic hydroxyl groups excluding tert-OH is 1. The summed E-state index contributed by atoms with van der Waals surface area (Å²) in [4.78, 5) is 80.4. The van der Waals surface area contributed by atoms with Crippen molar-refractivity contribution in [3.8, 4) is 0 Å². The van der Waals surface area contributed by atoms with E-state index in [2.05, 4.69) is 51.4 Å². The van der Waals surface area contributed by atoms with Crippen molar-refractivity contribution in [2.75, 3.05) is 10.6 Å². The molecule has 8 aromatic rings. The molecule has 1 unspecified atom stereocenters. The maximum Gasteiger partial charge on any atom is 0.413 e. The molecule has 20 nitrogen and oxygen atoms in total. The molecule has 22 heteroatoms. The highest BCUT2D eigenvalue weighted by molar-refractivity contribution is 6.31. The number of fused-ring (bicyclic) bond motifs is 2. The number of rotatable bonds is 14. The molecule has 4 amide bonds. The van der Waals surface area contributed by atoms with Gasteiger partial charge in [0.05, 0.1) is 51.4 Å². The predicted molar refractivity (Wildman–Crippen MR) is 306 cm³/mol. The fourth-order valence-corrected chi connectivity index (χ4v) is 8.86. The molecule has 80 heavy (non-hydrogen) atoms. The molecule has 0 radical (unpaired) electrons. The van der Waals surface area contributed by atoms with Gasteiger partial charge in [0.1, 0.15) is 34.2 Å². The number of carbonyl (C=O) groups excluding carboxylic acids is 5. The van der Waals surface area contributed by atoms with Gasteiger partial charge in [-0.1, -0.05) is 35.3 Å². The van der Waals surface area contributed by atoms with Crippen molar-refractivity contribution >= 4 is 86.4 Å². The molecular weight excluding hydrogens is 1060 g/mol. The molecule has 0 bridgehead atoms. The monoisotopic (exact) mass is 1130 g/mol. The van der Waals surface area contributed by atoms with Crippen molar-refractivity contribution in [1.82, 2.24) is 50.1 Å². The summed E-state index contributed by atoms with van der Waals surface area (Å²) >= 11 is 12.2. The van der Waals surface area contributed by atoms with Crippen molar-refractivity contribution < 1.29 is 38.6 Å². The van der Waals surface area contributed by atoms with E-state index in [-0.39, 0.29) is 47.3 Å². The van der Waals surface area contributed by atoms with E-state index >= 15 is 0 Å². The van der Waals surface area contributed by atoms with Gasteiger partial charge >= 0.3 is 12.2 Å². The zero-order valence-electron chi connectivity index (χ0n) is 46.6. The van der Waals surface area contributed by atoms with E-state index in [1.165, 1.54) is 6.92 Å². The van der Waals surface area contributed by atoms with Crippen LogP contribution >= 0.6 is 23.2 Å². The number of benzene rings is 2. The summed E-state index contributed by atoms with van der Waals surface area (Å²) in [6.45, 7) is 22.1. The van der Waals surface area contributed by atoms with Crippen LogP contribution in [0.3, 0.4) is 0 Å². The molecule has 0 spiro atoms. The smallest absolute Gasteiger partial charge is 0.413 e. The van der Waals surface area contributed by atoms with Crippen molar-refractivity contribution in [1.29, 1.82) is 0 Å². The number of aliphatic hydroxyl groups is 1. The highest BCUT2D eigenvalue weighted by Gasteiger charge is 2.24. The van der Waals surface area contributed by atoms with E-state index in [1.54, 1.807) is 109 Å². The fraction of sp³-hybridized carbons (Fsp3) is 0.328. The molecule has 6 heterocycles. The van der Waals surface area contributed by atoms with Crippen molar-refractivity contribution in [3.05, 3.63) is 163 Å². The van der Waals surface area contributed by atoms with Crippen LogP contribution in [-0.2, 0) is 35.7 Å². The molecule has 1 atom stereocenters. The SMILES string of the molecule is CC(=O)c1nn(Cc2ccc3ncc(Cl)cc3c2)cc1C(=O)NCc1c(C)cc(NC(=O)OC(C)(C)C)nc1C.Cc1cc(NC(=O)OC(C)(C)C)nc(C)c1CNC(=O)c1cn(Cc2ccc3ncc(Cl)cc3c2)nc1C(C)O. The molecule has 6 aromatic heterocycles. The average molecular weight is 1130 g/mol. The highest BCUT2D eigenvalue weighted by Crippen LogP contribution is 2.25. The molecule has 0 fully saturated rings. The van der Waals surface area contributed by atoms with E-state index in [1.807, 2.05) is 62.4 Å². The van der Waals surface area contributed by atoms with Gasteiger partial charge in [0.15, 0.2) is 5.78 Å². The average Bonchev–Trinajstić information content (AvgIpc) is 3.98. The number of Topliss-reactive ketones (excluding diaryl/α,β-unsaturated/α-hetero) is 1. The molecule has 0 saturated carbocycles. The molecule has 0 aliphatic rings. The lowest BCUT2D eigenvalue weighted by atomic mass is 10.1. The van der Waals surface area contributed by atoms with Crippen LogP contribution in [0, 0.1) is 27.7 Å². The van der Waals surface area contributed by atoms with Crippen LogP contribution in [0.1, 0.15) is 143 Å². The zero-order valence-corrected chi connectivity index (χ0v) is 48.1. The van der Waals surface area contributed by atoms with Gasteiger partial charge in [-0.25, -0.2) is 19.6 Å². The number of amides is 4. The molecule has 2 aromatic carbocycles. The fourth-order valence-electron chi connectivity index (χ4n) is 8.53. The third kappa shape index (κ3) is 15.9. The van der Waals surface area contributed by atoms with E-state index < -0.39 is 35.4 Å². The van der Waals surface area contributed by atoms with Crippen molar-refractivity contribution in [2.45, 2.75) is 127 Å². The van der Waals surface area contributed by atoms with Gasteiger partial charge in [-0.05, 0) is 158 Å². The van der Waals surface area contributed by atoms with E-state index in [4.69, 9.17) is 32.7 Å². The second-order valence-electron chi connectivity index (χ2n) is 21.2. The second kappa shape index (κ2) is 24.8. The second-order valence-corrected chi connectivity index (χ2v) is 22.1. The van der Waals surface area contributed by atoms with E-state index in [9.17, 15) is 29.1 Å². The number of ketones is 1. The number of hydrogen-bond acceptors (Lipinski definition) is 14. The predicted octanol–water partition coefficient (Wildman–Crippen LogP) is 11.1. The maximum atomic E-state index is 13.2. The van der Waals surface area contributed by atoms with Gasteiger partial charge in [-0.15, -0.1) is 0 Å². The standard InChI is InChI=1S/C29H33ClN6O4.C29H31ClN6O4/c2*1-16-9-25(34-28(39)40-29(4,5)6)33-17(2)22(16)13-32-27(38)23-15-36(35-26(23)18(3)37)14-19-7-8-24-20(10-19)11-21(30)12-31-24/h7-12,15,18,37H,13-14H2,1-6H3,(H,32,38)(H,33,34,39);7-12,15H,13-14H2,1-6H3,(H,32,38)(H,33,34,39). The Morgan fingerprint density at radius 3 is 1.46 bits per heavy atom. The summed E-state index contributed by atoms with van der Waals surface area (Å²) in [5.41, 5.74) is 7.66. The summed E-state index contributed by atoms with van der Waals surface area (Å²) in [5, 5.41) is 33.1. The maximum absolute atomic E-state index is 13.2. The Kier molecular flexibility index (Phi) is 18.4. The largest absolute Gasteiger partial charge is 0.444 e. The lowest BCUT2D eigenvalue weighted by Gasteiger charge is -2.20. The molecular formula is C58H64Cl2N12O8. The first-order valence-electron chi connectivity index (χ1n) is 25.5. The Hall–Kier alpha value is -8.33. The first kappa shape index (κ1) is 59.3. The van der Waals surface area contributed by atoms with Crippen molar-refractivity contribution in [2.24, 2.45) is 0 Å². The molecule has 0 saturated heterocycles. The number of nitrogens with zero attached hydrogens (tertiary/aromatic N) is 8. The van der Waals surface area contributed by atoms with Gasteiger partial charge in [-0.2, -0.15) is 10.2 Å². The third-order valence-corrected chi connectivity index (χ3v) is 12.5. The lowest BCUT2D eigenvalue weighted by Crippen LogP contribution is -2.28. The molecule has 5 N–H and O–H groups in total. The van der Waals surface area contributed by atoms with Gasteiger partial charge in [0.25, 0.3) is 11.8 Å². The van der Waals surface area contributed by atoms with Crippen molar-refractivity contribution in [3.63, 3.8) is 0 Å². The number of hydrogen-bond donors (Lipinski definition) is 5. The van der Waals surface area contributed by atoms with Crippen LogP contribution in [0.4, 0.5) is 21.2 Å². The number of carbonyl (C=O) groups is 5. The van der Waals surface area contributed by atoms with Crippen LogP contribution in [0.5, 0.6) is 0 Å². The number of halogens is 2. The van der Waals surface area contributed by atoms with Crippen LogP contribution in [0.2, 0.25) is 10.0 Å². The van der Waals surface area contributed by atoms with Gasteiger partial charge in [0.2, 0.25) is 0 Å². The molecule has 418 valence electrons. The Morgan fingerprint density at radius 1 is 0.625 bits per heavy atom. The minimum atomic E-state index is -0.940. The van der Waals surface area contributed by atoms with Gasteiger partial charge in [0, 0.05) is 67.0 Å². The number of aromatic nitrogens is 8. The van der Waals surface area contributed by atoms with Gasteiger partial charge in [-0.3, -0.25) is 44.3 Å². The van der Waals surface area contributed by atoms with Crippen LogP contribution < -0.4 is 21.3 Å². The number of ether oxygens (including phenoxy) is 2. The lowest BCUT2D eigenvalue weighted by molar-refractivity contribution is 0.0624. The summed E-state index contributed by atoms with van der Waals surface area (Å²) in [6, 6.07) is 18.7. The molecule has 0 aliphatic heterocycles. The Labute approximate surface area is 473 Å². The Bertz CT molecular complexity index is 3630. The van der Waals surface area contributed by atoms with Crippen LogP contribution in [0.15, 0.2) is 85.5 Å². The topological polar surface area (TPSA) is 259 Å². The summed E-state index contributed by atoms with van der Waals surface area (Å²) in [6.07, 6.45) is 4.26. The number of anilines is 2. The number of aryl methyl sites for hydroxylation is 4. The van der Waals surface area contributed by atoms with E-state index in [0.717, 1.165) is 55.2 Å². The minimum absolute atomic E-state index is 0.0893. The molecule has 8 rings (SSSR count). The summed E-state index contributed by atoms with van der Waals surface area (Å²) in [5.74, 6) is -0.396. The van der Waals surface area contributed by atoms with Gasteiger partial charge < -0.3 is 25.2 Å². The quantitative estimate of drug-likeness (QED) is 0.0635. The first-order valence-corrected chi connectivity index (χ1v) is 26.3. The summed E-state index contributed by atoms with van der Waals surface area (Å²) < 4.78 is 13.8.